The lowest BCUT2D eigenvalue weighted by atomic mass is 10.3. The molecule has 1 N–H and O–H groups in total. The summed E-state index contributed by atoms with van der Waals surface area (Å²) >= 11 is 0. The summed E-state index contributed by atoms with van der Waals surface area (Å²) in [6.45, 7) is 5.49. The summed E-state index contributed by atoms with van der Waals surface area (Å²) in [5.74, 6) is -0.0879. The van der Waals surface area contributed by atoms with Crippen LogP contribution < -0.4 is 5.32 Å². The lowest BCUT2D eigenvalue weighted by Crippen LogP contribution is -2.26. The van der Waals surface area contributed by atoms with E-state index in [0.717, 1.165) is 24.4 Å². The lowest BCUT2D eigenvalue weighted by Gasteiger charge is -2.09. The van der Waals surface area contributed by atoms with Gasteiger partial charge in [-0.2, -0.15) is 10.2 Å². The van der Waals surface area contributed by atoms with Crippen molar-refractivity contribution < 1.29 is 4.79 Å². The molecule has 2 heterocycles. The third-order valence-electron chi connectivity index (χ3n) is 4.48. The average Bonchev–Trinajstić information content (AvgIpc) is 3.24. The number of nitrogens with zero attached hydrogens (tertiary/aromatic N) is 4. The summed E-state index contributed by atoms with van der Waals surface area (Å²) in [5, 5.41) is 11.8. The summed E-state index contributed by atoms with van der Waals surface area (Å²) in [6, 6.07) is 4.35. The highest BCUT2D eigenvalue weighted by Crippen LogP contribution is 2.28. The van der Waals surface area contributed by atoms with Crippen LogP contribution in [0.5, 0.6) is 0 Å². The maximum Gasteiger partial charge on any atom is 0.271 e. The summed E-state index contributed by atoms with van der Waals surface area (Å²) in [7, 11) is 0. The number of nitrogens with one attached hydrogen (secondary N) is 1. The first kappa shape index (κ1) is 15.8. The zero-order valence-corrected chi connectivity index (χ0v) is 14.0. The van der Waals surface area contributed by atoms with Gasteiger partial charge in [0.2, 0.25) is 0 Å². The van der Waals surface area contributed by atoms with E-state index in [1.54, 1.807) is 0 Å². The van der Waals surface area contributed by atoms with Crippen LogP contribution in [0.25, 0.3) is 0 Å². The Morgan fingerprint density at radius 1 is 1.30 bits per heavy atom. The molecule has 1 aliphatic carbocycles. The third kappa shape index (κ3) is 3.81. The smallest absolute Gasteiger partial charge is 0.271 e. The number of aryl methyl sites for hydroxylation is 3. The maximum atomic E-state index is 12.1. The molecule has 0 radical (unpaired) electrons. The van der Waals surface area contributed by atoms with Crippen molar-refractivity contribution in [2.75, 3.05) is 6.54 Å². The molecule has 0 aromatic carbocycles. The number of aromatic nitrogens is 4. The highest BCUT2D eigenvalue weighted by Gasteiger charge is 2.19. The SMILES string of the molecule is Cc1cc(C)n(CCCNC(=O)c2ccn(C3CCCC3)n2)n1. The second-order valence-electron chi connectivity index (χ2n) is 6.38. The van der Waals surface area contributed by atoms with Gasteiger partial charge in [-0.05, 0) is 45.2 Å². The fraction of sp³-hybridized carbons (Fsp3) is 0.588. The Balaban J connectivity index is 1.45. The molecule has 23 heavy (non-hydrogen) atoms. The number of carbonyl (C=O) groups is 1. The van der Waals surface area contributed by atoms with E-state index in [2.05, 4.69) is 21.6 Å². The van der Waals surface area contributed by atoms with Crippen LogP contribution in [0.3, 0.4) is 0 Å². The van der Waals surface area contributed by atoms with E-state index in [-0.39, 0.29) is 5.91 Å². The summed E-state index contributed by atoms with van der Waals surface area (Å²) in [6.07, 6.45) is 7.66. The molecule has 1 amide bonds. The predicted molar refractivity (Wildman–Crippen MR) is 88.4 cm³/mol. The Morgan fingerprint density at radius 2 is 2.09 bits per heavy atom. The van der Waals surface area contributed by atoms with Gasteiger partial charge < -0.3 is 5.32 Å². The van der Waals surface area contributed by atoms with Crippen molar-refractivity contribution in [3.05, 3.63) is 35.4 Å². The number of carbonyl (C=O) groups excluding carboxylic acids is 1. The van der Waals surface area contributed by atoms with Crippen LogP contribution in [-0.2, 0) is 6.54 Å². The Bertz CT molecular complexity index is 666. The molecule has 0 aliphatic heterocycles. The van der Waals surface area contributed by atoms with Crippen molar-refractivity contribution in [1.29, 1.82) is 0 Å². The number of rotatable bonds is 6. The van der Waals surface area contributed by atoms with Gasteiger partial charge in [-0.25, -0.2) is 0 Å². The van der Waals surface area contributed by atoms with Gasteiger partial charge in [0.05, 0.1) is 11.7 Å². The normalized spacial score (nSPS) is 15.2. The first-order valence-electron chi connectivity index (χ1n) is 8.48. The van der Waals surface area contributed by atoms with Gasteiger partial charge in [-0.3, -0.25) is 14.2 Å². The fourth-order valence-corrected chi connectivity index (χ4v) is 3.25. The molecular weight excluding hydrogens is 290 g/mol. The quantitative estimate of drug-likeness (QED) is 0.833. The number of amides is 1. The molecule has 0 saturated heterocycles. The summed E-state index contributed by atoms with van der Waals surface area (Å²) in [4.78, 5) is 12.1. The fourth-order valence-electron chi connectivity index (χ4n) is 3.25. The van der Waals surface area contributed by atoms with Crippen LogP contribution in [0.1, 0.15) is 60.0 Å². The van der Waals surface area contributed by atoms with E-state index in [9.17, 15) is 4.79 Å². The van der Waals surface area contributed by atoms with Gasteiger partial charge in [0.15, 0.2) is 0 Å². The first-order chi connectivity index (χ1) is 11.1. The molecule has 2 aromatic heterocycles. The van der Waals surface area contributed by atoms with Crippen molar-refractivity contribution in [2.24, 2.45) is 0 Å². The van der Waals surface area contributed by atoms with Gasteiger partial charge in [0.1, 0.15) is 5.69 Å². The van der Waals surface area contributed by atoms with Gasteiger partial charge in [0, 0.05) is 25.0 Å². The van der Waals surface area contributed by atoms with E-state index < -0.39 is 0 Å². The molecule has 3 rings (SSSR count). The summed E-state index contributed by atoms with van der Waals surface area (Å²) < 4.78 is 3.94. The monoisotopic (exact) mass is 315 g/mol. The molecule has 0 spiro atoms. The molecule has 0 atom stereocenters. The largest absolute Gasteiger partial charge is 0.351 e. The minimum absolute atomic E-state index is 0.0879. The molecule has 0 bridgehead atoms. The molecule has 6 nitrogen and oxygen atoms in total. The minimum atomic E-state index is -0.0879. The predicted octanol–water partition coefficient (Wildman–Crippen LogP) is 2.63. The maximum absolute atomic E-state index is 12.1. The zero-order chi connectivity index (χ0) is 16.2. The van der Waals surface area contributed by atoms with Crippen LogP contribution in [0.2, 0.25) is 0 Å². The van der Waals surface area contributed by atoms with Crippen LogP contribution in [-0.4, -0.2) is 32.0 Å². The Hall–Kier alpha value is -2.11. The van der Waals surface area contributed by atoms with Crippen molar-refractivity contribution >= 4 is 5.91 Å². The van der Waals surface area contributed by atoms with Crippen LogP contribution >= 0.6 is 0 Å². The Morgan fingerprint density at radius 3 is 2.78 bits per heavy atom. The zero-order valence-electron chi connectivity index (χ0n) is 14.0. The van der Waals surface area contributed by atoms with Gasteiger partial charge in [0.25, 0.3) is 5.91 Å². The molecule has 124 valence electrons. The van der Waals surface area contributed by atoms with E-state index in [1.165, 1.54) is 25.7 Å². The van der Waals surface area contributed by atoms with Crippen LogP contribution in [0.15, 0.2) is 18.3 Å². The van der Waals surface area contributed by atoms with Crippen molar-refractivity contribution in [3.63, 3.8) is 0 Å². The second-order valence-corrected chi connectivity index (χ2v) is 6.38. The molecule has 1 fully saturated rings. The minimum Gasteiger partial charge on any atom is -0.351 e. The highest BCUT2D eigenvalue weighted by molar-refractivity contribution is 5.92. The molecule has 2 aromatic rings. The highest BCUT2D eigenvalue weighted by atomic mass is 16.1. The standard InChI is InChI=1S/C17H25N5O/c1-13-12-14(2)21(19-13)10-5-9-18-17(23)16-8-11-22(20-16)15-6-3-4-7-15/h8,11-12,15H,3-7,9-10H2,1-2H3,(H,18,23). The summed E-state index contributed by atoms with van der Waals surface area (Å²) in [5.41, 5.74) is 2.70. The van der Waals surface area contributed by atoms with Gasteiger partial charge in [-0.15, -0.1) is 0 Å². The van der Waals surface area contributed by atoms with E-state index in [4.69, 9.17) is 0 Å². The Labute approximate surface area is 136 Å². The van der Waals surface area contributed by atoms with E-state index in [1.807, 2.05) is 35.5 Å². The number of hydrogen-bond acceptors (Lipinski definition) is 3. The average molecular weight is 315 g/mol. The van der Waals surface area contributed by atoms with E-state index >= 15 is 0 Å². The Kier molecular flexibility index (Phi) is 4.79. The number of hydrogen-bond donors (Lipinski definition) is 1. The van der Waals surface area contributed by atoms with Gasteiger partial charge in [-0.1, -0.05) is 12.8 Å². The first-order valence-corrected chi connectivity index (χ1v) is 8.48. The molecular formula is C17H25N5O. The van der Waals surface area contributed by atoms with Crippen molar-refractivity contribution in [3.8, 4) is 0 Å². The lowest BCUT2D eigenvalue weighted by molar-refractivity contribution is 0.0946. The third-order valence-corrected chi connectivity index (χ3v) is 4.48. The van der Waals surface area contributed by atoms with Crippen molar-refractivity contribution in [2.45, 2.75) is 58.5 Å². The molecule has 0 unspecified atom stereocenters. The van der Waals surface area contributed by atoms with Crippen LogP contribution in [0.4, 0.5) is 0 Å². The van der Waals surface area contributed by atoms with Gasteiger partial charge >= 0.3 is 0 Å². The molecule has 1 aliphatic rings. The molecule has 6 heteroatoms. The van der Waals surface area contributed by atoms with Crippen molar-refractivity contribution in [1.82, 2.24) is 24.9 Å². The molecule has 1 saturated carbocycles. The topological polar surface area (TPSA) is 64.7 Å². The van der Waals surface area contributed by atoms with E-state index in [0.29, 0.717) is 18.3 Å². The van der Waals surface area contributed by atoms with Crippen LogP contribution in [0, 0.1) is 13.8 Å². The second kappa shape index (κ2) is 6.98.